The lowest BCUT2D eigenvalue weighted by atomic mass is 9.76. The predicted molar refractivity (Wildman–Crippen MR) is 289 cm³/mol. The Morgan fingerprint density at radius 2 is 1.25 bits per heavy atom. The van der Waals surface area contributed by atoms with Gasteiger partial charge in [-0.3, -0.25) is 28.9 Å². The number of carbonyl (C=O) groups is 8. The Morgan fingerprint density at radius 3 is 1.80 bits per heavy atom. The van der Waals surface area contributed by atoms with Crippen molar-refractivity contribution in [3.05, 3.63) is 106 Å². The number of ketones is 1. The van der Waals surface area contributed by atoms with Crippen LogP contribution in [-0.2, 0) is 63.9 Å². The summed E-state index contributed by atoms with van der Waals surface area (Å²) in [5.41, 5.74) is 3.22. The Labute approximate surface area is 449 Å². The number of likely N-dealkylation sites (N-methyl/N-ethyl adjacent to an activating group) is 2. The molecule has 414 valence electrons. The van der Waals surface area contributed by atoms with Crippen molar-refractivity contribution in [1.29, 1.82) is 0 Å². The van der Waals surface area contributed by atoms with Crippen molar-refractivity contribution in [2.24, 2.45) is 11.3 Å². The van der Waals surface area contributed by atoms with Gasteiger partial charge in [0.05, 0.1) is 19.2 Å². The molecule has 1 saturated heterocycles. The van der Waals surface area contributed by atoms with Crippen LogP contribution in [0.1, 0.15) is 146 Å². The van der Waals surface area contributed by atoms with Gasteiger partial charge in [0.1, 0.15) is 29.3 Å². The van der Waals surface area contributed by atoms with E-state index in [-0.39, 0.29) is 55.4 Å². The molecule has 2 aliphatic rings. The normalized spacial score (nSPS) is 18.1. The zero-order chi connectivity index (χ0) is 56.4. The molecule has 1 aliphatic heterocycles. The van der Waals surface area contributed by atoms with Crippen molar-refractivity contribution < 1.29 is 52.6 Å². The minimum atomic E-state index is -0.992. The first kappa shape index (κ1) is 60.1. The number of esters is 1. The minimum absolute atomic E-state index is 0.0551. The highest BCUT2D eigenvalue weighted by molar-refractivity contribution is 5.96. The van der Waals surface area contributed by atoms with Crippen molar-refractivity contribution in [2.75, 3.05) is 27.7 Å². The lowest BCUT2D eigenvalue weighted by Gasteiger charge is -2.36. The van der Waals surface area contributed by atoms with Crippen LogP contribution >= 0.6 is 0 Å². The lowest BCUT2D eigenvalue weighted by molar-refractivity contribution is -0.146. The van der Waals surface area contributed by atoms with E-state index in [0.29, 0.717) is 18.4 Å². The number of hydrogen-bond acceptors (Lipinski definition) is 11. The van der Waals surface area contributed by atoms with Gasteiger partial charge in [-0.2, -0.15) is 0 Å². The summed E-state index contributed by atoms with van der Waals surface area (Å²) in [6, 6.07) is 18.5. The van der Waals surface area contributed by atoms with Crippen LogP contribution in [0, 0.1) is 11.3 Å². The summed E-state index contributed by atoms with van der Waals surface area (Å²) in [6.07, 6.45) is 2.74. The quantitative estimate of drug-likeness (QED) is 0.0831. The fraction of sp³-hybridized carbons (Fsp3) is 0.559. The number of rotatable bonds is 18. The van der Waals surface area contributed by atoms with Gasteiger partial charge >= 0.3 is 18.2 Å². The summed E-state index contributed by atoms with van der Waals surface area (Å²) in [4.78, 5) is 112. The van der Waals surface area contributed by atoms with Crippen molar-refractivity contribution in [2.45, 2.75) is 175 Å². The number of amides is 6. The highest BCUT2D eigenvalue weighted by Gasteiger charge is 2.46. The van der Waals surface area contributed by atoms with Crippen molar-refractivity contribution in [3.8, 4) is 0 Å². The Balaban J connectivity index is 1.24. The summed E-state index contributed by atoms with van der Waals surface area (Å²) in [6.45, 7) is 19.3. The van der Waals surface area contributed by atoms with Gasteiger partial charge in [-0.05, 0) is 139 Å². The average Bonchev–Trinajstić information content (AvgIpc) is 3.78. The van der Waals surface area contributed by atoms with Gasteiger partial charge in [-0.1, -0.05) is 81.4 Å². The van der Waals surface area contributed by atoms with Gasteiger partial charge in [-0.25, -0.2) is 14.4 Å². The minimum Gasteiger partial charge on any atom is -0.467 e. The molecule has 0 spiro atoms. The first-order valence-electron chi connectivity index (χ1n) is 26.4. The Hall–Kier alpha value is -6.78. The summed E-state index contributed by atoms with van der Waals surface area (Å²) in [5, 5.41) is 9.06. The fourth-order valence-electron chi connectivity index (χ4n) is 9.40. The number of aryl methyl sites for hydroxylation is 3. The smallest absolute Gasteiger partial charge is 0.410 e. The third-order valence-electron chi connectivity index (χ3n) is 14.2. The van der Waals surface area contributed by atoms with Crippen LogP contribution in [0.3, 0.4) is 0 Å². The largest absolute Gasteiger partial charge is 0.467 e. The van der Waals surface area contributed by atoms with Gasteiger partial charge < -0.3 is 40.0 Å². The Morgan fingerprint density at radius 1 is 0.711 bits per heavy atom. The monoisotopic (exact) mass is 1050 g/mol. The van der Waals surface area contributed by atoms with E-state index >= 15 is 0 Å². The van der Waals surface area contributed by atoms with Gasteiger partial charge in [0.15, 0.2) is 5.78 Å². The maximum absolute atomic E-state index is 14.9. The number of ether oxygens (including phenoxy) is 3. The number of carbonyl (C=O) groups excluding carboxylic acids is 8. The van der Waals surface area contributed by atoms with Crippen molar-refractivity contribution in [1.82, 2.24) is 30.7 Å². The van der Waals surface area contributed by atoms with Crippen LogP contribution in [0.15, 0.2) is 72.8 Å². The van der Waals surface area contributed by atoms with Crippen LogP contribution in [0.25, 0.3) is 0 Å². The molecule has 3 N–H and O–H groups in total. The molecule has 0 saturated carbocycles. The van der Waals surface area contributed by atoms with E-state index in [0.717, 1.165) is 41.5 Å². The topological polar surface area (TPSA) is 210 Å². The average molecular weight is 1050 g/mol. The van der Waals surface area contributed by atoms with E-state index in [4.69, 9.17) is 14.2 Å². The van der Waals surface area contributed by atoms with Crippen LogP contribution < -0.4 is 16.0 Å². The maximum Gasteiger partial charge on any atom is 0.410 e. The molecule has 0 aromatic heterocycles. The van der Waals surface area contributed by atoms with E-state index in [1.165, 1.54) is 41.5 Å². The van der Waals surface area contributed by atoms with Gasteiger partial charge in [-0.15, -0.1) is 0 Å². The Bertz CT molecular complexity index is 2560. The molecule has 17 nitrogen and oxygen atoms in total. The number of Topliss-reactive ketones (excluding diaryl/α,β-unsaturated/α-hetero) is 1. The summed E-state index contributed by atoms with van der Waals surface area (Å²) < 4.78 is 15.9. The molecule has 6 amide bonds. The van der Waals surface area contributed by atoms with Gasteiger partial charge in [0, 0.05) is 51.0 Å². The first-order chi connectivity index (χ1) is 35.5. The molecule has 76 heavy (non-hydrogen) atoms. The van der Waals surface area contributed by atoms with Crippen LogP contribution in [0.2, 0.25) is 0 Å². The molecular weight excluding hydrogens is 969 g/mol. The molecule has 5 rings (SSSR count). The summed E-state index contributed by atoms with van der Waals surface area (Å²) in [7, 11) is 4.20. The molecule has 1 heterocycles. The second kappa shape index (κ2) is 25.4. The van der Waals surface area contributed by atoms with Crippen molar-refractivity contribution in [3.63, 3.8) is 0 Å². The first-order valence-corrected chi connectivity index (χ1v) is 26.4. The summed E-state index contributed by atoms with van der Waals surface area (Å²) in [5.74, 6) is -3.39. The molecule has 3 aromatic carbocycles. The van der Waals surface area contributed by atoms with E-state index in [1.54, 1.807) is 67.5 Å². The SMILES string of the molecule is COC(=O)[C@H](Cc1ccc(CCc2ccc(C(=O)NC3C[C@@H](C(=O)NC4CCCc5ccccc54)N(C(=O)[C@@H](CC(=O)[C@H](C)N(C)C(=O)OC(C)(C)C)C(C)(C)C)C3)cc2)cc1)NC(=O)[C@H](C)N(C)C(=O)OC(C)(C)C. The van der Waals surface area contributed by atoms with Crippen LogP contribution in [-0.4, -0.2) is 131 Å². The lowest BCUT2D eigenvalue weighted by Crippen LogP contribution is -2.52. The van der Waals surface area contributed by atoms with E-state index < -0.39 is 76.8 Å². The fourth-order valence-corrected chi connectivity index (χ4v) is 9.40. The molecule has 1 aliphatic carbocycles. The third-order valence-corrected chi connectivity index (χ3v) is 14.2. The molecule has 2 unspecified atom stereocenters. The zero-order valence-corrected chi connectivity index (χ0v) is 47.2. The highest BCUT2D eigenvalue weighted by atomic mass is 16.6. The van der Waals surface area contributed by atoms with Gasteiger partial charge in [0.2, 0.25) is 17.7 Å². The van der Waals surface area contributed by atoms with E-state index in [1.807, 2.05) is 75.4 Å². The summed E-state index contributed by atoms with van der Waals surface area (Å²) >= 11 is 0. The van der Waals surface area contributed by atoms with Crippen molar-refractivity contribution >= 4 is 47.6 Å². The third kappa shape index (κ3) is 16.6. The maximum atomic E-state index is 14.9. The molecule has 1 fully saturated rings. The number of methoxy groups -OCH3 is 1. The molecule has 17 heteroatoms. The number of nitrogens with one attached hydrogen (secondary N) is 3. The molecule has 3 aromatic rings. The second-order valence-corrected chi connectivity index (χ2v) is 23.5. The van der Waals surface area contributed by atoms with Crippen LogP contribution in [0.5, 0.6) is 0 Å². The number of likely N-dealkylation sites (tertiary alicyclic amines) is 1. The number of fused-ring (bicyclic) bond motifs is 1. The molecular formula is C59H82N6O11. The number of nitrogens with zero attached hydrogens (tertiary/aromatic N) is 3. The number of hydrogen-bond donors (Lipinski definition) is 3. The van der Waals surface area contributed by atoms with Crippen LogP contribution in [0.4, 0.5) is 9.59 Å². The van der Waals surface area contributed by atoms with Gasteiger partial charge in [0.25, 0.3) is 5.91 Å². The second-order valence-electron chi connectivity index (χ2n) is 23.5. The molecule has 7 atom stereocenters. The zero-order valence-electron chi connectivity index (χ0n) is 47.2. The molecule has 0 bridgehead atoms. The van der Waals surface area contributed by atoms with E-state index in [2.05, 4.69) is 22.0 Å². The molecule has 0 radical (unpaired) electrons. The Kier molecular flexibility index (Phi) is 20.1. The van der Waals surface area contributed by atoms with E-state index in [9.17, 15) is 38.4 Å². The highest BCUT2D eigenvalue weighted by Crippen LogP contribution is 2.35. The number of benzene rings is 3. The standard InChI is InChI=1S/C59H82N6O11/c1-36(63(12)55(72)75-58(6,7)8)49(66)34-45(57(3,4)5)53(70)65-35-43(33-48(65)52(69)61-46-21-17-19-41-18-15-16-20-44(41)46)60-51(68)42-30-28-39(29-31-42)23-22-38-24-26-40(27-25-38)32-47(54(71)74-14)62-50(67)37(2)64(13)56(73)76-59(9,10)11/h15-16,18,20,24-31,36-37,43,45-48H,17,19,21-23,32-35H2,1-14H3,(H,60,68)(H,61,69)(H,62,67)/t36-,37-,43?,45+,46?,47-,48-/m0/s1. The predicted octanol–water partition coefficient (Wildman–Crippen LogP) is 7.70.